The van der Waals surface area contributed by atoms with Gasteiger partial charge in [0.25, 0.3) is 5.91 Å². The van der Waals surface area contributed by atoms with Crippen LogP contribution in [0, 0.1) is 5.82 Å². The molecule has 0 bridgehead atoms. The van der Waals surface area contributed by atoms with Gasteiger partial charge in [0.05, 0.1) is 5.56 Å². The highest BCUT2D eigenvalue weighted by atomic mass is 19.1. The molecule has 0 heterocycles. The molecular weight excluding hydrogens is 245 g/mol. The first-order valence-electron chi connectivity index (χ1n) is 5.99. The lowest BCUT2D eigenvalue weighted by atomic mass is 10.1. The largest absolute Gasteiger partial charge is 0.508 e. The van der Waals surface area contributed by atoms with Gasteiger partial charge in [0.2, 0.25) is 0 Å². The first-order chi connectivity index (χ1) is 9.10. The summed E-state index contributed by atoms with van der Waals surface area (Å²) in [6.07, 6.45) is 0.719. The molecule has 0 radical (unpaired) electrons. The van der Waals surface area contributed by atoms with Gasteiger partial charge in [-0.05, 0) is 48.4 Å². The van der Waals surface area contributed by atoms with Crippen molar-refractivity contribution in [1.82, 2.24) is 0 Å². The summed E-state index contributed by atoms with van der Waals surface area (Å²) in [4.78, 5) is 11.9. The smallest absolute Gasteiger partial charge is 0.258 e. The average Bonchev–Trinajstić information content (AvgIpc) is 2.41. The van der Waals surface area contributed by atoms with Crippen molar-refractivity contribution in [3.05, 3.63) is 59.4 Å². The molecule has 1 amide bonds. The van der Waals surface area contributed by atoms with Crippen LogP contribution >= 0.6 is 0 Å². The SMILES string of the molecule is CCc1ccc(C(=O)Nc2ccc(O)cc2)c(F)c1. The molecule has 0 aliphatic rings. The molecule has 0 aliphatic heterocycles. The Kier molecular flexibility index (Phi) is 3.80. The van der Waals surface area contributed by atoms with Crippen molar-refractivity contribution in [2.24, 2.45) is 0 Å². The summed E-state index contributed by atoms with van der Waals surface area (Å²) in [6, 6.07) is 10.6. The number of phenols is 1. The third kappa shape index (κ3) is 3.10. The number of anilines is 1. The van der Waals surface area contributed by atoms with E-state index in [1.165, 1.54) is 24.3 Å². The van der Waals surface area contributed by atoms with Crippen molar-refractivity contribution in [3.63, 3.8) is 0 Å². The molecule has 2 N–H and O–H groups in total. The predicted molar refractivity (Wildman–Crippen MR) is 71.8 cm³/mol. The van der Waals surface area contributed by atoms with E-state index in [1.54, 1.807) is 18.2 Å². The first-order valence-corrected chi connectivity index (χ1v) is 5.99. The summed E-state index contributed by atoms with van der Waals surface area (Å²) in [6.45, 7) is 1.92. The second-order valence-corrected chi connectivity index (χ2v) is 4.17. The Balaban J connectivity index is 2.18. The molecule has 0 aliphatic carbocycles. The van der Waals surface area contributed by atoms with Gasteiger partial charge >= 0.3 is 0 Å². The van der Waals surface area contributed by atoms with Crippen LogP contribution in [0.3, 0.4) is 0 Å². The summed E-state index contributed by atoms with van der Waals surface area (Å²) >= 11 is 0. The van der Waals surface area contributed by atoms with Gasteiger partial charge in [0.15, 0.2) is 0 Å². The van der Waals surface area contributed by atoms with Crippen molar-refractivity contribution < 1.29 is 14.3 Å². The molecule has 0 unspecified atom stereocenters. The standard InChI is InChI=1S/C15H14FNO2/c1-2-10-3-8-13(14(16)9-10)15(19)17-11-4-6-12(18)7-5-11/h3-9,18H,2H2,1H3,(H,17,19). The zero-order chi connectivity index (χ0) is 13.8. The number of carbonyl (C=O) groups is 1. The van der Waals surface area contributed by atoms with Gasteiger partial charge in [-0.15, -0.1) is 0 Å². The van der Waals surface area contributed by atoms with E-state index < -0.39 is 11.7 Å². The normalized spacial score (nSPS) is 10.2. The number of phenolic OH excluding ortho intramolecular Hbond substituents is 1. The van der Waals surface area contributed by atoms with Crippen LogP contribution in [0.1, 0.15) is 22.8 Å². The quantitative estimate of drug-likeness (QED) is 0.830. The molecule has 0 atom stereocenters. The summed E-state index contributed by atoms with van der Waals surface area (Å²) in [5.74, 6) is -0.932. The number of amides is 1. The number of hydrogen-bond acceptors (Lipinski definition) is 2. The molecule has 2 rings (SSSR count). The summed E-state index contributed by atoms with van der Waals surface area (Å²) in [5.41, 5.74) is 1.35. The van der Waals surface area contributed by atoms with Crippen molar-refractivity contribution in [3.8, 4) is 5.75 Å². The minimum atomic E-state index is -0.532. The number of nitrogens with one attached hydrogen (secondary N) is 1. The Bertz CT molecular complexity index is 594. The van der Waals surface area contributed by atoms with Crippen LogP contribution in [0.5, 0.6) is 5.75 Å². The van der Waals surface area contributed by atoms with Crippen LogP contribution in [0.25, 0.3) is 0 Å². The fourth-order valence-corrected chi connectivity index (χ4v) is 1.71. The van der Waals surface area contributed by atoms with Crippen LogP contribution in [0.4, 0.5) is 10.1 Å². The van der Waals surface area contributed by atoms with Gasteiger partial charge in [-0.25, -0.2) is 4.39 Å². The predicted octanol–water partition coefficient (Wildman–Crippen LogP) is 3.35. The average molecular weight is 259 g/mol. The summed E-state index contributed by atoms with van der Waals surface area (Å²) in [7, 11) is 0. The van der Waals surface area contributed by atoms with E-state index in [-0.39, 0.29) is 11.3 Å². The molecular formula is C15H14FNO2. The molecule has 98 valence electrons. The maximum absolute atomic E-state index is 13.8. The van der Waals surface area contributed by atoms with E-state index in [9.17, 15) is 9.18 Å². The topological polar surface area (TPSA) is 49.3 Å². The number of aromatic hydroxyl groups is 1. The third-order valence-electron chi connectivity index (χ3n) is 2.81. The van der Waals surface area contributed by atoms with Gasteiger partial charge in [0, 0.05) is 5.69 Å². The second-order valence-electron chi connectivity index (χ2n) is 4.17. The molecule has 4 heteroatoms. The number of halogens is 1. The lowest BCUT2D eigenvalue weighted by Gasteiger charge is -2.07. The van der Waals surface area contributed by atoms with E-state index in [4.69, 9.17) is 5.11 Å². The van der Waals surface area contributed by atoms with Crippen LogP contribution in [-0.4, -0.2) is 11.0 Å². The fraction of sp³-hybridized carbons (Fsp3) is 0.133. The minimum Gasteiger partial charge on any atom is -0.508 e. The van der Waals surface area contributed by atoms with E-state index in [1.807, 2.05) is 6.92 Å². The van der Waals surface area contributed by atoms with E-state index in [0.29, 0.717) is 5.69 Å². The molecule has 0 saturated heterocycles. The fourth-order valence-electron chi connectivity index (χ4n) is 1.71. The molecule has 2 aromatic rings. The van der Waals surface area contributed by atoms with E-state index in [2.05, 4.69) is 5.32 Å². The molecule has 0 saturated carbocycles. The second kappa shape index (κ2) is 5.52. The first kappa shape index (κ1) is 13.1. The highest BCUT2D eigenvalue weighted by molar-refractivity contribution is 6.04. The van der Waals surface area contributed by atoms with Gasteiger partial charge in [-0.2, -0.15) is 0 Å². The monoisotopic (exact) mass is 259 g/mol. The van der Waals surface area contributed by atoms with Gasteiger partial charge < -0.3 is 10.4 Å². The number of benzene rings is 2. The molecule has 2 aromatic carbocycles. The Labute approximate surface area is 110 Å². The van der Waals surface area contributed by atoms with Crippen LogP contribution in [-0.2, 0) is 6.42 Å². The van der Waals surface area contributed by atoms with Crippen LogP contribution in [0.2, 0.25) is 0 Å². The van der Waals surface area contributed by atoms with Gasteiger partial charge in [-0.3, -0.25) is 4.79 Å². The van der Waals surface area contributed by atoms with Crippen LogP contribution in [0.15, 0.2) is 42.5 Å². The molecule has 0 spiro atoms. The Morgan fingerprint density at radius 3 is 2.47 bits per heavy atom. The molecule has 0 aromatic heterocycles. The zero-order valence-electron chi connectivity index (χ0n) is 10.5. The van der Waals surface area contributed by atoms with Crippen molar-refractivity contribution in [1.29, 1.82) is 0 Å². The third-order valence-corrected chi connectivity index (χ3v) is 2.81. The number of carbonyl (C=O) groups excluding carboxylic acids is 1. The lowest BCUT2D eigenvalue weighted by Crippen LogP contribution is -2.13. The molecule has 19 heavy (non-hydrogen) atoms. The summed E-state index contributed by atoms with van der Waals surface area (Å²) < 4.78 is 13.8. The van der Waals surface area contributed by atoms with E-state index in [0.717, 1.165) is 12.0 Å². The Morgan fingerprint density at radius 1 is 1.21 bits per heavy atom. The highest BCUT2D eigenvalue weighted by Crippen LogP contribution is 2.16. The van der Waals surface area contributed by atoms with E-state index >= 15 is 0 Å². The van der Waals surface area contributed by atoms with Crippen LogP contribution < -0.4 is 5.32 Å². The Hall–Kier alpha value is -2.36. The van der Waals surface area contributed by atoms with Gasteiger partial charge in [-0.1, -0.05) is 13.0 Å². The Morgan fingerprint density at radius 2 is 1.89 bits per heavy atom. The van der Waals surface area contributed by atoms with Crippen molar-refractivity contribution in [2.75, 3.05) is 5.32 Å². The minimum absolute atomic E-state index is 0.00488. The van der Waals surface area contributed by atoms with Gasteiger partial charge in [0.1, 0.15) is 11.6 Å². The number of hydrogen-bond donors (Lipinski definition) is 2. The highest BCUT2D eigenvalue weighted by Gasteiger charge is 2.12. The van der Waals surface area contributed by atoms with Crippen molar-refractivity contribution in [2.45, 2.75) is 13.3 Å². The maximum Gasteiger partial charge on any atom is 0.258 e. The number of rotatable bonds is 3. The molecule has 0 fully saturated rings. The maximum atomic E-state index is 13.8. The summed E-state index contributed by atoms with van der Waals surface area (Å²) in [5, 5.41) is 11.7. The molecule has 3 nitrogen and oxygen atoms in total. The lowest BCUT2D eigenvalue weighted by molar-refractivity contribution is 0.102. The number of aryl methyl sites for hydroxylation is 1. The zero-order valence-corrected chi connectivity index (χ0v) is 10.5. The van der Waals surface area contributed by atoms with Crippen molar-refractivity contribution >= 4 is 11.6 Å².